The van der Waals surface area contributed by atoms with Crippen molar-refractivity contribution in [2.45, 2.75) is 64.4 Å². The zero-order valence-electron chi connectivity index (χ0n) is 16.7. The number of piperidine rings is 1. The first kappa shape index (κ1) is 21.0. The molecular weight excluding hydrogens is 388 g/mol. The van der Waals surface area contributed by atoms with E-state index < -0.39 is 17.9 Å². The molecule has 0 bridgehead atoms. The number of alkyl halides is 2. The Balaban J connectivity index is 1.70. The fraction of sp³-hybridized carbons (Fsp3) is 0.737. The van der Waals surface area contributed by atoms with Crippen LogP contribution in [0.15, 0.2) is 0 Å². The van der Waals surface area contributed by atoms with Gasteiger partial charge >= 0.3 is 6.09 Å². The number of nitrogens with zero attached hydrogens (tertiary/aromatic N) is 3. The minimum atomic E-state index is -1.63. The van der Waals surface area contributed by atoms with Crippen LogP contribution in [0.4, 0.5) is 13.6 Å². The summed E-state index contributed by atoms with van der Waals surface area (Å²) in [7, 11) is 0. The quantitative estimate of drug-likeness (QED) is 0.739. The topological polar surface area (TPSA) is 62.7 Å². The van der Waals surface area contributed by atoms with Gasteiger partial charge in [-0.05, 0) is 40.5 Å². The molecule has 0 radical (unpaired) electrons. The Bertz CT molecular complexity index is 739. The van der Waals surface area contributed by atoms with E-state index in [0.29, 0.717) is 23.7 Å². The van der Waals surface area contributed by atoms with Gasteiger partial charge in [-0.15, -0.1) is 11.3 Å². The van der Waals surface area contributed by atoms with Crippen LogP contribution in [0.3, 0.4) is 0 Å². The lowest BCUT2D eigenvalue weighted by Gasteiger charge is -2.33. The number of halogens is 2. The van der Waals surface area contributed by atoms with E-state index in [2.05, 4.69) is 4.98 Å². The summed E-state index contributed by atoms with van der Waals surface area (Å²) >= 11 is 1.26. The SMILES string of the molecule is Cc1nc(C2CCCN(C(=O)OC(C)(C)C)C2)sc1C(=O)N1C[C@@H](F)[C@@H](F)C1. The number of amides is 2. The van der Waals surface area contributed by atoms with Crippen molar-refractivity contribution >= 4 is 23.3 Å². The maximum absolute atomic E-state index is 13.4. The van der Waals surface area contributed by atoms with Gasteiger partial charge in [-0.3, -0.25) is 4.79 Å². The molecule has 156 valence electrons. The van der Waals surface area contributed by atoms with Gasteiger partial charge in [0, 0.05) is 19.0 Å². The van der Waals surface area contributed by atoms with Gasteiger partial charge in [0.2, 0.25) is 0 Å². The van der Waals surface area contributed by atoms with Crippen LogP contribution in [-0.4, -0.2) is 70.9 Å². The van der Waals surface area contributed by atoms with Crippen LogP contribution >= 0.6 is 11.3 Å². The van der Waals surface area contributed by atoms with Gasteiger partial charge in [-0.2, -0.15) is 0 Å². The minimum Gasteiger partial charge on any atom is -0.444 e. The molecule has 2 aliphatic heterocycles. The van der Waals surface area contributed by atoms with Crippen LogP contribution < -0.4 is 0 Å². The number of likely N-dealkylation sites (tertiary alicyclic amines) is 2. The normalized spacial score (nSPS) is 25.9. The summed E-state index contributed by atoms with van der Waals surface area (Å²) in [5, 5.41) is 0.780. The number of aryl methyl sites for hydroxylation is 1. The van der Waals surface area contributed by atoms with E-state index >= 15 is 0 Å². The van der Waals surface area contributed by atoms with Crippen LogP contribution in [0, 0.1) is 6.92 Å². The summed E-state index contributed by atoms with van der Waals surface area (Å²) in [6, 6.07) is 0. The number of rotatable bonds is 2. The molecule has 28 heavy (non-hydrogen) atoms. The predicted molar refractivity (Wildman–Crippen MR) is 102 cm³/mol. The predicted octanol–water partition coefficient (Wildman–Crippen LogP) is 3.70. The highest BCUT2D eigenvalue weighted by Crippen LogP contribution is 2.33. The number of aromatic nitrogens is 1. The molecule has 0 aromatic carbocycles. The van der Waals surface area contributed by atoms with Gasteiger partial charge in [0.25, 0.3) is 5.91 Å². The maximum Gasteiger partial charge on any atom is 0.410 e. The molecule has 2 amide bonds. The lowest BCUT2D eigenvalue weighted by atomic mass is 9.99. The van der Waals surface area contributed by atoms with Gasteiger partial charge in [-0.25, -0.2) is 18.6 Å². The molecule has 1 aromatic heterocycles. The third kappa shape index (κ3) is 4.61. The van der Waals surface area contributed by atoms with E-state index in [-0.39, 0.29) is 31.0 Å². The molecule has 0 aliphatic carbocycles. The molecule has 1 unspecified atom stereocenters. The molecule has 1 aromatic rings. The van der Waals surface area contributed by atoms with Crippen LogP contribution in [0.2, 0.25) is 0 Å². The molecule has 2 fully saturated rings. The Morgan fingerprint density at radius 3 is 2.39 bits per heavy atom. The van der Waals surface area contributed by atoms with Gasteiger partial charge in [-0.1, -0.05) is 0 Å². The van der Waals surface area contributed by atoms with E-state index in [1.165, 1.54) is 16.2 Å². The Hall–Kier alpha value is -1.77. The number of thiazole rings is 1. The van der Waals surface area contributed by atoms with Gasteiger partial charge < -0.3 is 14.5 Å². The molecule has 0 N–H and O–H groups in total. The average molecular weight is 416 g/mol. The van der Waals surface area contributed by atoms with Crippen molar-refractivity contribution in [1.29, 1.82) is 0 Å². The molecule has 3 atom stereocenters. The highest BCUT2D eigenvalue weighted by Gasteiger charge is 2.37. The summed E-state index contributed by atoms with van der Waals surface area (Å²) in [5.74, 6) is -0.350. The van der Waals surface area contributed by atoms with E-state index in [4.69, 9.17) is 4.74 Å². The Morgan fingerprint density at radius 1 is 1.14 bits per heavy atom. The molecule has 9 heteroatoms. The minimum absolute atomic E-state index is 0.0212. The summed E-state index contributed by atoms with van der Waals surface area (Å²) in [6.45, 7) is 7.90. The summed E-state index contributed by atoms with van der Waals surface area (Å²) in [5.41, 5.74) is 0.0109. The van der Waals surface area contributed by atoms with Crippen LogP contribution in [0.5, 0.6) is 0 Å². The number of hydrogen-bond donors (Lipinski definition) is 0. The fourth-order valence-electron chi connectivity index (χ4n) is 3.50. The lowest BCUT2D eigenvalue weighted by Crippen LogP contribution is -2.42. The lowest BCUT2D eigenvalue weighted by molar-refractivity contribution is 0.0198. The Kier molecular flexibility index (Phi) is 5.93. The first-order valence-corrected chi connectivity index (χ1v) is 10.4. The fourth-order valence-corrected chi connectivity index (χ4v) is 4.66. The molecule has 6 nitrogen and oxygen atoms in total. The Labute approximate surface area is 167 Å². The second-order valence-electron chi connectivity index (χ2n) is 8.47. The molecule has 2 saturated heterocycles. The number of carbonyl (C=O) groups is 2. The first-order valence-electron chi connectivity index (χ1n) is 9.58. The first-order chi connectivity index (χ1) is 13.0. The summed E-state index contributed by atoms with van der Waals surface area (Å²) in [4.78, 5) is 32.9. The van der Waals surface area contributed by atoms with Crippen molar-refractivity contribution in [2.24, 2.45) is 0 Å². The van der Waals surface area contributed by atoms with Crippen LogP contribution in [-0.2, 0) is 4.74 Å². The highest BCUT2D eigenvalue weighted by molar-refractivity contribution is 7.13. The highest BCUT2D eigenvalue weighted by atomic mass is 32.1. The second-order valence-corrected chi connectivity index (χ2v) is 9.50. The largest absolute Gasteiger partial charge is 0.444 e. The van der Waals surface area contributed by atoms with Crippen molar-refractivity contribution in [3.8, 4) is 0 Å². The molecule has 2 aliphatic rings. The third-order valence-electron chi connectivity index (χ3n) is 4.90. The van der Waals surface area contributed by atoms with E-state index in [0.717, 1.165) is 17.8 Å². The van der Waals surface area contributed by atoms with Crippen LogP contribution in [0.25, 0.3) is 0 Å². The van der Waals surface area contributed by atoms with E-state index in [9.17, 15) is 18.4 Å². The molecule has 3 heterocycles. The smallest absolute Gasteiger partial charge is 0.410 e. The summed E-state index contributed by atoms with van der Waals surface area (Å²) in [6.07, 6.45) is -1.91. The van der Waals surface area contributed by atoms with Crippen molar-refractivity contribution < 1.29 is 23.1 Å². The number of carbonyl (C=O) groups excluding carboxylic acids is 2. The van der Waals surface area contributed by atoms with Gasteiger partial charge in [0.1, 0.15) is 10.5 Å². The van der Waals surface area contributed by atoms with Crippen molar-refractivity contribution in [3.63, 3.8) is 0 Å². The Morgan fingerprint density at radius 2 is 1.79 bits per heavy atom. The van der Waals surface area contributed by atoms with Crippen LogP contribution in [0.1, 0.15) is 59.9 Å². The van der Waals surface area contributed by atoms with Crippen molar-refractivity contribution in [3.05, 3.63) is 15.6 Å². The molecule has 0 saturated carbocycles. The van der Waals surface area contributed by atoms with Crippen molar-refractivity contribution in [2.75, 3.05) is 26.2 Å². The monoisotopic (exact) mass is 415 g/mol. The van der Waals surface area contributed by atoms with Gasteiger partial charge in [0.15, 0.2) is 12.3 Å². The van der Waals surface area contributed by atoms with Gasteiger partial charge in [0.05, 0.1) is 23.8 Å². The second kappa shape index (κ2) is 7.93. The standard InChI is InChI=1S/C19H27F2N3O3S/c1-11-15(17(25)24-9-13(20)14(21)10-24)28-16(22-11)12-6-5-7-23(8-12)18(26)27-19(2,3)4/h12-14H,5-10H2,1-4H3/t12?,13-,14+. The zero-order chi connectivity index (χ0) is 20.6. The molecular formula is C19H27F2N3O3S. The third-order valence-corrected chi connectivity index (χ3v) is 6.21. The zero-order valence-corrected chi connectivity index (χ0v) is 17.5. The van der Waals surface area contributed by atoms with E-state index in [1.54, 1.807) is 11.8 Å². The average Bonchev–Trinajstić information content (AvgIpc) is 3.16. The molecule has 3 rings (SSSR count). The number of hydrogen-bond acceptors (Lipinski definition) is 5. The maximum atomic E-state index is 13.4. The van der Waals surface area contributed by atoms with E-state index in [1.807, 2.05) is 20.8 Å². The summed E-state index contributed by atoms with van der Waals surface area (Å²) < 4.78 is 32.3. The van der Waals surface area contributed by atoms with Crippen molar-refractivity contribution in [1.82, 2.24) is 14.8 Å². The number of ether oxygens (including phenoxy) is 1. The molecule has 0 spiro atoms.